The first-order valence-corrected chi connectivity index (χ1v) is 13.0. The van der Waals surface area contributed by atoms with E-state index in [-0.39, 0.29) is 30.1 Å². The van der Waals surface area contributed by atoms with Gasteiger partial charge in [-0.3, -0.25) is 19.9 Å². The first kappa shape index (κ1) is 26.1. The van der Waals surface area contributed by atoms with Gasteiger partial charge in [0.1, 0.15) is 0 Å². The van der Waals surface area contributed by atoms with Crippen molar-refractivity contribution >= 4 is 34.6 Å². The smallest absolute Gasteiger partial charge is 0.269 e. The molecule has 1 aliphatic rings. The van der Waals surface area contributed by atoms with Crippen molar-refractivity contribution in [1.29, 1.82) is 0 Å². The number of benzene rings is 2. The average Bonchev–Trinajstić information content (AvgIpc) is 3.54. The van der Waals surface area contributed by atoms with Crippen LogP contribution in [0, 0.1) is 24.0 Å². The number of nitro groups is 1. The quantitative estimate of drug-likeness (QED) is 0.175. The Morgan fingerprint density at radius 1 is 1.10 bits per heavy atom. The number of anilines is 1. The van der Waals surface area contributed by atoms with Crippen LogP contribution in [0.25, 0.3) is 5.69 Å². The summed E-state index contributed by atoms with van der Waals surface area (Å²) in [6.45, 7) is 4.35. The number of rotatable bonds is 8. The van der Waals surface area contributed by atoms with E-state index >= 15 is 0 Å². The van der Waals surface area contributed by atoms with Crippen molar-refractivity contribution in [3.05, 3.63) is 118 Å². The maximum Gasteiger partial charge on any atom is 0.269 e. The molecule has 5 rings (SSSR count). The topological polar surface area (TPSA) is 105 Å². The Balaban J connectivity index is 1.44. The number of aryl methyl sites for hydroxylation is 2. The van der Waals surface area contributed by atoms with Crippen molar-refractivity contribution in [3.8, 4) is 5.69 Å². The Bertz CT molecular complexity index is 1520. The molecule has 1 amide bonds. The third kappa shape index (κ3) is 5.51. The van der Waals surface area contributed by atoms with Gasteiger partial charge >= 0.3 is 0 Å². The first-order valence-electron chi connectivity index (χ1n) is 12.6. The van der Waals surface area contributed by atoms with Gasteiger partial charge in [-0.15, -0.1) is 0 Å². The second-order valence-corrected chi connectivity index (χ2v) is 9.90. The van der Waals surface area contributed by atoms with E-state index in [1.165, 1.54) is 12.1 Å². The Morgan fingerprint density at radius 2 is 1.90 bits per heavy atom. The maximum absolute atomic E-state index is 13.0. The molecule has 2 N–H and O–H groups in total. The summed E-state index contributed by atoms with van der Waals surface area (Å²) in [6, 6.07) is 21.5. The van der Waals surface area contributed by atoms with Crippen LogP contribution in [0.5, 0.6) is 0 Å². The minimum atomic E-state index is -0.415. The van der Waals surface area contributed by atoms with Crippen LogP contribution >= 0.6 is 12.2 Å². The highest BCUT2D eigenvalue weighted by Crippen LogP contribution is 2.39. The van der Waals surface area contributed by atoms with Gasteiger partial charge in [-0.25, -0.2) is 0 Å². The SMILES string of the molecule is Cc1ccc(C)c(NC(=O)CCN2C(=S)N[C@@H](c3ccccn3)[C@@H]2c2cccn2-c2ccc([N+](=O)[O-])cc2)c1. The number of carbonyl (C=O) groups is 1. The highest BCUT2D eigenvalue weighted by Gasteiger charge is 2.41. The van der Waals surface area contributed by atoms with Crippen molar-refractivity contribution in [3.63, 3.8) is 0 Å². The molecule has 10 heteroatoms. The number of amides is 1. The molecule has 0 spiro atoms. The third-order valence-corrected chi connectivity index (χ3v) is 7.22. The van der Waals surface area contributed by atoms with Crippen LogP contribution in [0.4, 0.5) is 11.4 Å². The van der Waals surface area contributed by atoms with Crippen molar-refractivity contribution in [2.75, 3.05) is 11.9 Å². The zero-order valence-corrected chi connectivity index (χ0v) is 22.4. The predicted molar refractivity (Wildman–Crippen MR) is 154 cm³/mol. The summed E-state index contributed by atoms with van der Waals surface area (Å²) in [4.78, 5) is 30.3. The Kier molecular flexibility index (Phi) is 7.38. The summed E-state index contributed by atoms with van der Waals surface area (Å²) in [5, 5.41) is 18.1. The van der Waals surface area contributed by atoms with Crippen LogP contribution in [-0.4, -0.2) is 36.9 Å². The van der Waals surface area contributed by atoms with E-state index in [1.807, 2.05) is 78.0 Å². The van der Waals surface area contributed by atoms with E-state index in [0.29, 0.717) is 11.7 Å². The molecule has 1 saturated heterocycles. The number of aromatic nitrogens is 2. The molecule has 2 aromatic heterocycles. The standard InChI is InChI=1S/C29H28N6O3S/c1-19-8-9-20(2)24(18-19)31-26(36)14-17-34-28(27(32-29(34)39)23-6-3-4-15-30-23)25-7-5-16-33(25)21-10-12-22(13-11-21)35(37)38/h3-13,15-16,18,27-28H,14,17H2,1-2H3,(H,31,36)(H,32,39)/t27-,28-/m0/s1. The summed E-state index contributed by atoms with van der Waals surface area (Å²) >= 11 is 5.77. The lowest BCUT2D eigenvalue weighted by Gasteiger charge is -2.29. The van der Waals surface area contributed by atoms with Gasteiger partial charge in [0, 0.05) is 54.6 Å². The number of non-ortho nitro benzene ring substituents is 1. The van der Waals surface area contributed by atoms with Gasteiger partial charge in [0.05, 0.1) is 22.7 Å². The van der Waals surface area contributed by atoms with Gasteiger partial charge in [0.15, 0.2) is 5.11 Å². The molecule has 3 heterocycles. The Hall–Kier alpha value is -4.57. The molecule has 4 aromatic rings. The van der Waals surface area contributed by atoms with E-state index in [1.54, 1.807) is 18.3 Å². The highest BCUT2D eigenvalue weighted by atomic mass is 32.1. The van der Waals surface area contributed by atoms with Crippen LogP contribution in [0.1, 0.15) is 41.0 Å². The summed E-state index contributed by atoms with van der Waals surface area (Å²) in [7, 11) is 0. The summed E-state index contributed by atoms with van der Waals surface area (Å²) < 4.78 is 1.99. The molecule has 39 heavy (non-hydrogen) atoms. The molecule has 1 fully saturated rings. The second kappa shape index (κ2) is 11.0. The predicted octanol–water partition coefficient (Wildman–Crippen LogP) is 5.40. The fraction of sp³-hybridized carbons (Fsp3) is 0.207. The number of nitrogens with zero attached hydrogens (tertiary/aromatic N) is 4. The number of pyridine rings is 1. The van der Waals surface area contributed by atoms with Crippen LogP contribution < -0.4 is 10.6 Å². The fourth-order valence-corrected chi connectivity index (χ4v) is 5.21. The summed E-state index contributed by atoms with van der Waals surface area (Å²) in [5.74, 6) is -0.0997. The van der Waals surface area contributed by atoms with E-state index in [4.69, 9.17) is 12.2 Å². The zero-order valence-electron chi connectivity index (χ0n) is 21.6. The van der Waals surface area contributed by atoms with Gasteiger partial charge in [0.25, 0.3) is 5.69 Å². The molecule has 1 aliphatic heterocycles. The van der Waals surface area contributed by atoms with Crippen LogP contribution in [0.15, 0.2) is 85.2 Å². The maximum atomic E-state index is 13.0. The summed E-state index contributed by atoms with van der Waals surface area (Å²) in [5.41, 5.74) is 5.43. The molecule has 9 nitrogen and oxygen atoms in total. The monoisotopic (exact) mass is 540 g/mol. The van der Waals surface area contributed by atoms with Crippen LogP contribution in [0.3, 0.4) is 0 Å². The minimum absolute atomic E-state index is 0.0269. The van der Waals surface area contributed by atoms with Gasteiger partial charge in [-0.1, -0.05) is 18.2 Å². The number of hydrogen-bond acceptors (Lipinski definition) is 5. The van der Waals surface area contributed by atoms with E-state index < -0.39 is 4.92 Å². The molecule has 198 valence electrons. The van der Waals surface area contributed by atoms with E-state index in [9.17, 15) is 14.9 Å². The normalized spacial score (nSPS) is 16.7. The zero-order chi connectivity index (χ0) is 27.5. The molecule has 2 aromatic carbocycles. The molecule has 2 atom stereocenters. The minimum Gasteiger partial charge on any atom is -0.352 e. The van der Waals surface area contributed by atoms with Gasteiger partial charge in [-0.2, -0.15) is 0 Å². The number of thiocarbonyl (C=S) groups is 1. The van der Waals surface area contributed by atoms with Crippen LogP contribution in [-0.2, 0) is 4.79 Å². The van der Waals surface area contributed by atoms with Crippen LogP contribution in [0.2, 0.25) is 0 Å². The number of hydrogen-bond donors (Lipinski definition) is 2. The Morgan fingerprint density at radius 3 is 2.62 bits per heavy atom. The largest absolute Gasteiger partial charge is 0.352 e. The van der Waals surface area contributed by atoms with Gasteiger partial charge < -0.3 is 20.1 Å². The molecule has 0 unspecified atom stereocenters. The molecule has 0 radical (unpaired) electrons. The second-order valence-electron chi connectivity index (χ2n) is 9.51. The lowest BCUT2D eigenvalue weighted by atomic mass is 10.0. The average molecular weight is 541 g/mol. The molecular weight excluding hydrogens is 512 g/mol. The molecule has 0 bridgehead atoms. The van der Waals surface area contributed by atoms with E-state index in [2.05, 4.69) is 15.6 Å². The Labute approximate surface area is 231 Å². The van der Waals surface area contributed by atoms with Crippen molar-refractivity contribution in [2.24, 2.45) is 0 Å². The van der Waals surface area contributed by atoms with Crippen molar-refractivity contribution in [1.82, 2.24) is 19.8 Å². The lowest BCUT2D eigenvalue weighted by molar-refractivity contribution is -0.384. The molecule has 0 saturated carbocycles. The number of carbonyl (C=O) groups excluding carboxylic acids is 1. The van der Waals surface area contributed by atoms with Gasteiger partial charge in [-0.05, 0) is 79.7 Å². The highest BCUT2D eigenvalue weighted by molar-refractivity contribution is 7.80. The lowest BCUT2D eigenvalue weighted by Crippen LogP contribution is -2.33. The number of nitro benzene ring substituents is 1. The third-order valence-electron chi connectivity index (χ3n) is 6.87. The van der Waals surface area contributed by atoms with Crippen molar-refractivity contribution < 1.29 is 9.72 Å². The first-order chi connectivity index (χ1) is 18.8. The number of nitrogens with one attached hydrogen (secondary N) is 2. The van der Waals surface area contributed by atoms with E-state index in [0.717, 1.165) is 33.9 Å². The fourth-order valence-electron chi connectivity index (χ4n) is 4.88. The molecule has 0 aliphatic carbocycles. The molecular formula is C29H28N6O3S. The summed E-state index contributed by atoms with van der Waals surface area (Å²) in [6.07, 6.45) is 3.89. The van der Waals surface area contributed by atoms with Gasteiger partial charge in [0.2, 0.25) is 5.91 Å². The van der Waals surface area contributed by atoms with Crippen molar-refractivity contribution in [2.45, 2.75) is 32.4 Å².